The molecule has 1 rings (SSSR count). The molecular weight excluding hydrogens is 292 g/mol. The molecule has 1 fully saturated rings. The molecule has 0 radical (unpaired) electrons. The minimum Gasteiger partial charge on any atom is -0.466 e. The van der Waals surface area contributed by atoms with Crippen molar-refractivity contribution in [3.8, 4) is 0 Å². The highest BCUT2D eigenvalue weighted by atomic mass is 16.5. The monoisotopic (exact) mass is 320 g/mol. The van der Waals surface area contributed by atoms with E-state index in [1.807, 2.05) is 6.92 Å². The fourth-order valence-electron chi connectivity index (χ4n) is 2.67. The number of rotatable bonds is 9. The second-order valence-corrected chi connectivity index (χ2v) is 5.68. The molecule has 0 aromatic heterocycles. The summed E-state index contributed by atoms with van der Waals surface area (Å²) in [7, 11) is 0. The Hall–Kier alpha value is -0.770. The van der Waals surface area contributed by atoms with Gasteiger partial charge in [0.05, 0.1) is 44.0 Å². The van der Waals surface area contributed by atoms with Crippen molar-refractivity contribution in [3.05, 3.63) is 0 Å². The number of hydrogen-bond donors (Lipinski definition) is 6. The van der Waals surface area contributed by atoms with Gasteiger partial charge in [-0.2, -0.15) is 0 Å². The zero-order valence-electron chi connectivity index (χ0n) is 13.1. The first kappa shape index (κ1) is 19.3. The van der Waals surface area contributed by atoms with Gasteiger partial charge >= 0.3 is 5.97 Å². The van der Waals surface area contributed by atoms with Crippen molar-refractivity contribution in [2.45, 2.75) is 63.1 Å². The second kappa shape index (κ2) is 9.39. The van der Waals surface area contributed by atoms with Gasteiger partial charge in [-0.25, -0.2) is 0 Å². The maximum atomic E-state index is 11.2. The van der Waals surface area contributed by atoms with Gasteiger partial charge in [0.1, 0.15) is 0 Å². The summed E-state index contributed by atoms with van der Waals surface area (Å²) in [4.78, 5) is 11.2. The lowest BCUT2D eigenvalue weighted by Crippen LogP contribution is -2.46. The van der Waals surface area contributed by atoms with E-state index in [9.17, 15) is 20.1 Å². The lowest BCUT2D eigenvalue weighted by Gasteiger charge is -2.21. The van der Waals surface area contributed by atoms with Crippen molar-refractivity contribution in [1.82, 2.24) is 10.6 Å². The number of esters is 1. The van der Waals surface area contributed by atoms with Crippen molar-refractivity contribution in [3.63, 3.8) is 0 Å². The van der Waals surface area contributed by atoms with Gasteiger partial charge in [-0.1, -0.05) is 0 Å². The summed E-state index contributed by atoms with van der Waals surface area (Å²) < 4.78 is 4.83. The SMILES string of the molecule is CCOC(=O)CCNC(C)CC1N[C@@H]([C@H](O)CO)[C@H](O)[C@H]1O. The van der Waals surface area contributed by atoms with Gasteiger partial charge in [0.15, 0.2) is 0 Å². The van der Waals surface area contributed by atoms with E-state index in [4.69, 9.17) is 9.84 Å². The van der Waals surface area contributed by atoms with E-state index in [1.165, 1.54) is 0 Å². The Morgan fingerprint density at radius 3 is 2.64 bits per heavy atom. The predicted molar refractivity (Wildman–Crippen MR) is 79.1 cm³/mol. The van der Waals surface area contributed by atoms with Gasteiger partial charge in [0, 0.05) is 18.6 Å². The molecule has 0 aromatic rings. The minimum absolute atomic E-state index is 0.00111. The summed E-state index contributed by atoms with van der Waals surface area (Å²) in [6, 6.07) is -1.15. The van der Waals surface area contributed by atoms with Crippen molar-refractivity contribution < 1.29 is 30.0 Å². The summed E-state index contributed by atoms with van der Waals surface area (Å²) in [6.07, 6.45) is -2.48. The molecule has 1 aliphatic rings. The van der Waals surface area contributed by atoms with Crippen LogP contribution in [-0.4, -0.2) is 82.6 Å². The lowest BCUT2D eigenvalue weighted by molar-refractivity contribution is -0.143. The highest BCUT2D eigenvalue weighted by Crippen LogP contribution is 2.20. The molecule has 1 saturated heterocycles. The third kappa shape index (κ3) is 5.45. The number of carbonyl (C=O) groups is 1. The Morgan fingerprint density at radius 2 is 2.05 bits per heavy atom. The van der Waals surface area contributed by atoms with Crippen LogP contribution < -0.4 is 10.6 Å². The maximum Gasteiger partial charge on any atom is 0.307 e. The molecule has 8 heteroatoms. The molecule has 0 bridgehead atoms. The van der Waals surface area contributed by atoms with Crippen LogP contribution in [0.25, 0.3) is 0 Å². The van der Waals surface area contributed by atoms with Crippen LogP contribution in [0, 0.1) is 0 Å². The van der Waals surface area contributed by atoms with E-state index in [0.717, 1.165) is 0 Å². The highest BCUT2D eigenvalue weighted by molar-refractivity contribution is 5.69. The van der Waals surface area contributed by atoms with Gasteiger partial charge in [-0.15, -0.1) is 0 Å². The molecule has 2 unspecified atom stereocenters. The molecule has 1 heterocycles. The summed E-state index contributed by atoms with van der Waals surface area (Å²) in [6.45, 7) is 4.00. The van der Waals surface area contributed by atoms with Gasteiger partial charge in [-0.05, 0) is 20.3 Å². The molecule has 1 aliphatic heterocycles. The predicted octanol–water partition coefficient (Wildman–Crippen LogP) is -2.28. The largest absolute Gasteiger partial charge is 0.466 e. The van der Waals surface area contributed by atoms with Crippen LogP contribution in [-0.2, 0) is 9.53 Å². The zero-order valence-corrected chi connectivity index (χ0v) is 13.1. The normalized spacial score (nSPS) is 31.0. The summed E-state index contributed by atoms with van der Waals surface area (Å²) in [5, 5.41) is 44.5. The van der Waals surface area contributed by atoms with Gasteiger partial charge in [-0.3, -0.25) is 4.79 Å². The quantitative estimate of drug-likeness (QED) is 0.262. The summed E-state index contributed by atoms with van der Waals surface area (Å²) >= 11 is 0. The minimum atomic E-state index is -1.13. The van der Waals surface area contributed by atoms with Crippen molar-refractivity contribution >= 4 is 5.97 Å². The highest BCUT2D eigenvalue weighted by Gasteiger charge is 2.44. The summed E-state index contributed by atoms with van der Waals surface area (Å²) in [5.41, 5.74) is 0. The summed E-state index contributed by atoms with van der Waals surface area (Å²) in [5.74, 6) is -0.261. The molecular formula is C14H28N2O6. The van der Waals surface area contributed by atoms with Crippen LogP contribution in [0.5, 0.6) is 0 Å². The molecule has 6 atom stereocenters. The fourth-order valence-corrected chi connectivity index (χ4v) is 2.67. The van der Waals surface area contributed by atoms with Crippen molar-refractivity contribution in [1.29, 1.82) is 0 Å². The van der Waals surface area contributed by atoms with Crippen molar-refractivity contribution in [2.75, 3.05) is 19.8 Å². The van der Waals surface area contributed by atoms with Gasteiger partial charge < -0.3 is 35.8 Å². The van der Waals surface area contributed by atoms with Crippen LogP contribution in [0.15, 0.2) is 0 Å². The zero-order chi connectivity index (χ0) is 16.7. The van der Waals surface area contributed by atoms with E-state index in [1.54, 1.807) is 6.92 Å². The maximum absolute atomic E-state index is 11.2. The van der Waals surface area contributed by atoms with Crippen molar-refractivity contribution in [2.24, 2.45) is 0 Å². The number of aliphatic hydroxyl groups excluding tert-OH is 4. The van der Waals surface area contributed by atoms with Gasteiger partial charge in [0.2, 0.25) is 0 Å². The van der Waals surface area contributed by atoms with E-state index in [2.05, 4.69) is 10.6 Å². The molecule has 0 saturated carbocycles. The van der Waals surface area contributed by atoms with E-state index < -0.39 is 37.0 Å². The topological polar surface area (TPSA) is 131 Å². The first-order valence-corrected chi connectivity index (χ1v) is 7.70. The first-order chi connectivity index (χ1) is 10.4. The molecule has 0 aromatic carbocycles. The Bertz CT molecular complexity index is 343. The smallest absolute Gasteiger partial charge is 0.307 e. The lowest BCUT2D eigenvalue weighted by atomic mass is 10.0. The Labute approximate surface area is 130 Å². The molecule has 6 N–H and O–H groups in total. The molecule has 8 nitrogen and oxygen atoms in total. The molecule has 22 heavy (non-hydrogen) atoms. The Morgan fingerprint density at radius 1 is 1.36 bits per heavy atom. The number of hydrogen-bond acceptors (Lipinski definition) is 8. The number of nitrogens with one attached hydrogen (secondary N) is 2. The third-order valence-corrected chi connectivity index (χ3v) is 3.87. The second-order valence-electron chi connectivity index (χ2n) is 5.68. The van der Waals surface area contributed by atoms with Crippen LogP contribution in [0.3, 0.4) is 0 Å². The Kier molecular flexibility index (Phi) is 8.23. The molecule has 0 amide bonds. The standard InChI is InChI=1S/C14H28N2O6/c1-3-22-11(19)4-5-15-8(2)6-9-13(20)14(21)12(16-9)10(18)7-17/h8-10,12-18,20-21H,3-7H2,1-2H3/t8?,9?,10-,12+,13+,14+/m1/s1. The van der Waals surface area contributed by atoms with Gasteiger partial charge in [0.25, 0.3) is 0 Å². The number of aliphatic hydroxyl groups is 4. The molecule has 130 valence electrons. The number of ether oxygens (including phenoxy) is 1. The molecule has 0 aliphatic carbocycles. The molecule has 0 spiro atoms. The van der Waals surface area contributed by atoms with Crippen LogP contribution in [0.1, 0.15) is 26.7 Å². The van der Waals surface area contributed by atoms with E-state index in [0.29, 0.717) is 19.6 Å². The van der Waals surface area contributed by atoms with Crippen LogP contribution in [0.2, 0.25) is 0 Å². The number of carbonyl (C=O) groups excluding carboxylic acids is 1. The van der Waals surface area contributed by atoms with Crippen LogP contribution in [0.4, 0.5) is 0 Å². The third-order valence-electron chi connectivity index (χ3n) is 3.87. The average Bonchev–Trinajstić information content (AvgIpc) is 2.75. The average molecular weight is 320 g/mol. The van der Waals surface area contributed by atoms with E-state index >= 15 is 0 Å². The Balaban J connectivity index is 2.35. The first-order valence-electron chi connectivity index (χ1n) is 7.70. The van der Waals surface area contributed by atoms with E-state index in [-0.39, 0.29) is 18.4 Å². The van der Waals surface area contributed by atoms with Crippen LogP contribution >= 0.6 is 0 Å². The fraction of sp³-hybridized carbons (Fsp3) is 0.929.